The highest BCUT2D eigenvalue weighted by Gasteiger charge is 2.36. The van der Waals surface area contributed by atoms with Gasteiger partial charge in [0.15, 0.2) is 0 Å². The number of hydrogen-bond acceptors (Lipinski definition) is 2. The molecule has 3 rings (SSSR count). The second-order valence-corrected chi connectivity index (χ2v) is 6.69. The Hall–Kier alpha value is -1.35. The number of hydrogen-bond donors (Lipinski definition) is 1. The van der Waals surface area contributed by atoms with Crippen LogP contribution in [0.25, 0.3) is 10.9 Å². The maximum Gasteiger partial charge on any atom is 0.0719 e. The molecular formula is C18H27N3. The molecule has 0 spiro atoms. The standard InChI is InChI=1S/C18H27N3/c1-4-21-16-10-6-5-9-14(16)15(20-21)13-17(19-3)18(2)11-7-8-12-18/h5-6,9-10,17,19H,4,7-8,11-13H2,1-3H3. The fraction of sp³-hybridized carbons (Fsp3) is 0.611. The first kappa shape index (κ1) is 14.6. The predicted molar refractivity (Wildman–Crippen MR) is 88.5 cm³/mol. The molecule has 114 valence electrons. The summed E-state index contributed by atoms with van der Waals surface area (Å²) in [5.74, 6) is 0. The highest BCUT2D eigenvalue weighted by molar-refractivity contribution is 5.82. The third-order valence-corrected chi connectivity index (χ3v) is 5.37. The van der Waals surface area contributed by atoms with E-state index in [1.807, 2.05) is 0 Å². The number of nitrogens with one attached hydrogen (secondary N) is 1. The SMILES string of the molecule is CCn1nc(CC(NC)C2(C)CCCC2)c2ccccc21. The van der Waals surface area contributed by atoms with Crippen molar-refractivity contribution in [3.05, 3.63) is 30.0 Å². The van der Waals surface area contributed by atoms with Crippen molar-refractivity contribution in [1.29, 1.82) is 0 Å². The van der Waals surface area contributed by atoms with E-state index in [0.717, 1.165) is 13.0 Å². The van der Waals surface area contributed by atoms with Gasteiger partial charge in [-0.3, -0.25) is 4.68 Å². The summed E-state index contributed by atoms with van der Waals surface area (Å²) >= 11 is 0. The van der Waals surface area contributed by atoms with E-state index in [0.29, 0.717) is 11.5 Å². The molecule has 0 aliphatic heterocycles. The normalized spacial score (nSPS) is 19.2. The summed E-state index contributed by atoms with van der Waals surface area (Å²) in [7, 11) is 2.10. The van der Waals surface area contributed by atoms with Crippen LogP contribution in [-0.4, -0.2) is 22.9 Å². The number of aromatic nitrogens is 2. The van der Waals surface area contributed by atoms with Crippen molar-refractivity contribution in [2.24, 2.45) is 5.41 Å². The molecule has 3 nitrogen and oxygen atoms in total. The van der Waals surface area contributed by atoms with Crippen molar-refractivity contribution < 1.29 is 0 Å². The summed E-state index contributed by atoms with van der Waals surface area (Å²) in [5.41, 5.74) is 2.94. The van der Waals surface area contributed by atoms with Crippen molar-refractivity contribution >= 4 is 10.9 Å². The molecule has 1 aromatic carbocycles. The molecule has 3 heteroatoms. The van der Waals surface area contributed by atoms with Crippen molar-refractivity contribution in [2.75, 3.05) is 7.05 Å². The number of para-hydroxylation sites is 1. The minimum absolute atomic E-state index is 0.422. The molecule has 2 aromatic rings. The zero-order chi connectivity index (χ0) is 14.9. The quantitative estimate of drug-likeness (QED) is 0.906. The largest absolute Gasteiger partial charge is 0.316 e. The van der Waals surface area contributed by atoms with Gasteiger partial charge in [0.25, 0.3) is 0 Å². The van der Waals surface area contributed by atoms with E-state index in [1.54, 1.807) is 0 Å². The number of nitrogens with zero attached hydrogens (tertiary/aromatic N) is 2. The average molecular weight is 285 g/mol. The molecule has 1 atom stereocenters. The van der Waals surface area contributed by atoms with Gasteiger partial charge < -0.3 is 5.32 Å². The van der Waals surface area contributed by atoms with E-state index in [4.69, 9.17) is 5.10 Å². The fourth-order valence-electron chi connectivity index (χ4n) is 4.01. The van der Waals surface area contributed by atoms with Crippen LogP contribution in [-0.2, 0) is 13.0 Å². The van der Waals surface area contributed by atoms with Gasteiger partial charge >= 0.3 is 0 Å². The van der Waals surface area contributed by atoms with Gasteiger partial charge in [-0.2, -0.15) is 5.10 Å². The third-order valence-electron chi connectivity index (χ3n) is 5.37. The summed E-state index contributed by atoms with van der Waals surface area (Å²) in [4.78, 5) is 0. The number of rotatable bonds is 5. The van der Waals surface area contributed by atoms with Crippen molar-refractivity contribution in [3.63, 3.8) is 0 Å². The summed E-state index contributed by atoms with van der Waals surface area (Å²) < 4.78 is 2.13. The molecule has 1 unspecified atom stereocenters. The van der Waals surface area contributed by atoms with Crippen molar-refractivity contribution in [3.8, 4) is 0 Å². The minimum atomic E-state index is 0.422. The van der Waals surface area contributed by atoms with Crippen LogP contribution in [0.3, 0.4) is 0 Å². The molecule has 0 bridgehead atoms. The molecule has 1 N–H and O–H groups in total. The summed E-state index contributed by atoms with van der Waals surface area (Å²) in [5, 5.41) is 9.77. The number of likely N-dealkylation sites (N-methyl/N-ethyl adjacent to an activating group) is 1. The highest BCUT2D eigenvalue weighted by Crippen LogP contribution is 2.41. The van der Waals surface area contributed by atoms with Crippen molar-refractivity contribution in [1.82, 2.24) is 15.1 Å². The number of aryl methyl sites for hydroxylation is 1. The van der Waals surface area contributed by atoms with Gasteiger partial charge in [0.05, 0.1) is 11.2 Å². The summed E-state index contributed by atoms with van der Waals surface area (Å²) in [6.45, 7) is 5.54. The second kappa shape index (κ2) is 5.80. The van der Waals surface area contributed by atoms with Gasteiger partial charge in [0.1, 0.15) is 0 Å². The van der Waals surface area contributed by atoms with Gasteiger partial charge in [0, 0.05) is 24.4 Å². The van der Waals surface area contributed by atoms with Crippen LogP contribution in [0.1, 0.15) is 45.2 Å². The van der Waals surface area contributed by atoms with Crippen molar-refractivity contribution in [2.45, 2.75) is 58.5 Å². The van der Waals surface area contributed by atoms with Gasteiger partial charge in [-0.15, -0.1) is 0 Å². The Morgan fingerprint density at radius 2 is 2.00 bits per heavy atom. The molecule has 21 heavy (non-hydrogen) atoms. The Morgan fingerprint density at radius 1 is 1.29 bits per heavy atom. The third kappa shape index (κ3) is 2.59. The first-order valence-electron chi connectivity index (χ1n) is 8.29. The molecule has 0 saturated heterocycles. The Morgan fingerprint density at radius 3 is 2.67 bits per heavy atom. The lowest BCUT2D eigenvalue weighted by atomic mass is 9.78. The van der Waals surface area contributed by atoms with Crippen LogP contribution < -0.4 is 5.32 Å². The molecule has 0 amide bonds. The zero-order valence-corrected chi connectivity index (χ0v) is 13.5. The van der Waals surface area contributed by atoms with E-state index >= 15 is 0 Å². The predicted octanol–water partition coefficient (Wildman–Crippen LogP) is 3.77. The average Bonchev–Trinajstić information content (AvgIpc) is 3.09. The highest BCUT2D eigenvalue weighted by atomic mass is 15.3. The van der Waals surface area contributed by atoms with Crippen LogP contribution >= 0.6 is 0 Å². The Bertz CT molecular complexity index is 608. The van der Waals surface area contributed by atoms with Crippen LogP contribution in [0.5, 0.6) is 0 Å². The molecular weight excluding hydrogens is 258 g/mol. The van der Waals surface area contributed by atoms with E-state index in [9.17, 15) is 0 Å². The summed E-state index contributed by atoms with van der Waals surface area (Å²) in [6, 6.07) is 9.14. The van der Waals surface area contributed by atoms with Gasteiger partial charge in [-0.1, -0.05) is 38.0 Å². The first-order valence-corrected chi connectivity index (χ1v) is 8.29. The summed E-state index contributed by atoms with van der Waals surface area (Å²) in [6.07, 6.45) is 6.45. The Kier molecular flexibility index (Phi) is 4.03. The van der Waals surface area contributed by atoms with Gasteiger partial charge in [0.2, 0.25) is 0 Å². The number of fused-ring (bicyclic) bond motifs is 1. The lowest BCUT2D eigenvalue weighted by Crippen LogP contribution is -2.42. The maximum absolute atomic E-state index is 4.87. The topological polar surface area (TPSA) is 29.9 Å². The minimum Gasteiger partial charge on any atom is -0.316 e. The zero-order valence-electron chi connectivity index (χ0n) is 13.5. The molecule has 1 aromatic heterocycles. The fourth-order valence-corrected chi connectivity index (χ4v) is 4.01. The van der Waals surface area contributed by atoms with Crippen LogP contribution in [0.15, 0.2) is 24.3 Å². The first-order chi connectivity index (χ1) is 10.2. The molecule has 1 aliphatic carbocycles. The number of benzene rings is 1. The van der Waals surface area contributed by atoms with E-state index < -0.39 is 0 Å². The Balaban J connectivity index is 1.93. The Labute approximate surface area is 127 Å². The van der Waals surface area contributed by atoms with E-state index in [-0.39, 0.29) is 0 Å². The van der Waals surface area contributed by atoms with Gasteiger partial charge in [-0.25, -0.2) is 0 Å². The van der Waals surface area contributed by atoms with Gasteiger partial charge in [-0.05, 0) is 38.3 Å². The van der Waals surface area contributed by atoms with E-state index in [2.05, 4.69) is 55.2 Å². The monoisotopic (exact) mass is 285 g/mol. The van der Waals surface area contributed by atoms with E-state index in [1.165, 1.54) is 42.3 Å². The molecule has 1 fully saturated rings. The van der Waals surface area contributed by atoms with Crippen LogP contribution in [0, 0.1) is 5.41 Å². The van der Waals surface area contributed by atoms with Crippen LogP contribution in [0.2, 0.25) is 0 Å². The lowest BCUT2D eigenvalue weighted by molar-refractivity contribution is 0.228. The molecule has 1 saturated carbocycles. The maximum atomic E-state index is 4.87. The lowest BCUT2D eigenvalue weighted by Gasteiger charge is -2.33. The molecule has 1 heterocycles. The smallest absolute Gasteiger partial charge is 0.0719 e. The van der Waals surface area contributed by atoms with Crippen LogP contribution in [0.4, 0.5) is 0 Å². The second-order valence-electron chi connectivity index (χ2n) is 6.69. The molecule has 0 radical (unpaired) electrons. The molecule has 1 aliphatic rings.